The summed E-state index contributed by atoms with van der Waals surface area (Å²) in [6, 6.07) is 19.5. The largest absolute Gasteiger partial charge is 0.507 e. The van der Waals surface area contributed by atoms with Crippen molar-refractivity contribution in [1.82, 2.24) is 10.7 Å². The van der Waals surface area contributed by atoms with E-state index in [0.29, 0.717) is 5.56 Å². The summed E-state index contributed by atoms with van der Waals surface area (Å²) in [6.45, 7) is 12.1. The number of nitrogens with one attached hydrogen (secondary N) is 2. The van der Waals surface area contributed by atoms with Gasteiger partial charge in [0.15, 0.2) is 0 Å². The summed E-state index contributed by atoms with van der Waals surface area (Å²) >= 11 is 6.20. The van der Waals surface area contributed by atoms with E-state index in [4.69, 9.17) is 11.6 Å². The zero-order valence-corrected chi connectivity index (χ0v) is 23.7. The number of benzene rings is 3. The molecule has 3 N–H and O–H groups in total. The average molecular weight is 547 g/mol. The smallest absolute Gasteiger partial charge is 0.287 e. The van der Waals surface area contributed by atoms with Crippen molar-refractivity contribution in [3.05, 3.63) is 99.7 Å². The van der Waals surface area contributed by atoms with Crippen molar-refractivity contribution in [2.75, 3.05) is 18.0 Å². The van der Waals surface area contributed by atoms with E-state index in [-0.39, 0.29) is 27.4 Å². The molecule has 39 heavy (non-hydrogen) atoms. The maximum Gasteiger partial charge on any atom is 0.287 e. The maximum atomic E-state index is 13.2. The fourth-order valence-corrected chi connectivity index (χ4v) is 4.10. The van der Waals surface area contributed by atoms with Gasteiger partial charge in [0.2, 0.25) is 0 Å². The van der Waals surface area contributed by atoms with Crippen LogP contribution in [0.4, 0.5) is 5.69 Å². The van der Waals surface area contributed by atoms with Crippen LogP contribution in [-0.4, -0.2) is 36.2 Å². The van der Waals surface area contributed by atoms with Crippen LogP contribution in [0.15, 0.2) is 77.5 Å². The van der Waals surface area contributed by atoms with Gasteiger partial charge in [-0.25, -0.2) is 5.43 Å². The predicted molar refractivity (Wildman–Crippen MR) is 159 cm³/mol. The Morgan fingerprint density at radius 3 is 2.28 bits per heavy atom. The molecule has 0 saturated heterocycles. The number of phenolic OH excluding ortho intramolecular Hbond substituents is 1. The number of carbonyl (C=O) groups excluding carboxylic acids is 2. The molecule has 0 fully saturated rings. The van der Waals surface area contributed by atoms with E-state index in [9.17, 15) is 14.7 Å². The molecular formula is C31H35ClN4O3. The highest BCUT2D eigenvalue weighted by molar-refractivity contribution is 6.34. The highest BCUT2D eigenvalue weighted by atomic mass is 35.5. The molecule has 0 saturated carbocycles. The summed E-state index contributed by atoms with van der Waals surface area (Å²) in [5, 5.41) is 17.2. The molecule has 3 rings (SSSR count). The zero-order valence-electron chi connectivity index (χ0n) is 23.0. The number of hydrazone groups is 1. The minimum absolute atomic E-state index is 0.0136. The molecule has 8 heteroatoms. The first kappa shape index (κ1) is 29.5. The molecule has 0 unspecified atom stereocenters. The number of rotatable bonds is 9. The molecule has 0 spiro atoms. The van der Waals surface area contributed by atoms with E-state index in [1.807, 2.05) is 36.4 Å². The molecule has 0 aliphatic heterocycles. The number of amides is 2. The van der Waals surface area contributed by atoms with Crippen LogP contribution in [0.1, 0.15) is 61.7 Å². The highest BCUT2D eigenvalue weighted by Crippen LogP contribution is 2.26. The van der Waals surface area contributed by atoms with Crippen LogP contribution in [0.5, 0.6) is 5.75 Å². The van der Waals surface area contributed by atoms with Gasteiger partial charge in [0.1, 0.15) is 11.4 Å². The predicted octanol–water partition coefficient (Wildman–Crippen LogP) is 6.11. The molecule has 0 bridgehead atoms. The fraction of sp³-hybridized carbons (Fsp3) is 0.258. The second-order valence-corrected chi connectivity index (χ2v) is 10.4. The molecule has 204 valence electrons. The summed E-state index contributed by atoms with van der Waals surface area (Å²) in [7, 11) is 0. The third-order valence-electron chi connectivity index (χ3n) is 6.21. The second-order valence-electron chi connectivity index (χ2n) is 9.98. The second kappa shape index (κ2) is 13.1. The molecule has 0 heterocycles. The Morgan fingerprint density at radius 2 is 1.67 bits per heavy atom. The molecule has 0 atom stereocenters. The van der Waals surface area contributed by atoms with Crippen LogP contribution in [0.3, 0.4) is 0 Å². The van der Waals surface area contributed by atoms with E-state index >= 15 is 0 Å². The molecule has 7 nitrogen and oxygen atoms in total. The lowest BCUT2D eigenvalue weighted by Gasteiger charge is -2.21. The lowest BCUT2D eigenvalue weighted by Crippen LogP contribution is -2.33. The van der Waals surface area contributed by atoms with Gasteiger partial charge in [0, 0.05) is 24.3 Å². The van der Waals surface area contributed by atoms with Gasteiger partial charge in [-0.05, 0) is 72.9 Å². The number of carbonyl (C=O) groups is 2. The van der Waals surface area contributed by atoms with Gasteiger partial charge in [-0.3, -0.25) is 9.59 Å². The topological polar surface area (TPSA) is 94.0 Å². The summed E-state index contributed by atoms with van der Waals surface area (Å²) in [6.07, 6.45) is 2.94. The maximum absolute atomic E-state index is 13.2. The lowest BCUT2D eigenvalue weighted by atomic mass is 9.86. The van der Waals surface area contributed by atoms with Crippen LogP contribution in [0.2, 0.25) is 5.02 Å². The quantitative estimate of drug-likeness (QED) is 0.171. The standard InChI is InChI=1S/C31H35ClN4O3/c1-6-36(7-2)24-15-12-21(13-16-24)18-27(34-29(38)25-10-8-9-11-26(25)32)30(39)35-33-20-22-19-23(31(3,4)5)14-17-28(22)37/h8-20,37H,6-7H2,1-5H3,(H,34,38)(H,35,39)/b27-18+,33-20-. The van der Waals surface area contributed by atoms with Crippen molar-refractivity contribution < 1.29 is 14.7 Å². The number of anilines is 1. The Hall–Kier alpha value is -4.10. The van der Waals surface area contributed by atoms with Crippen molar-refractivity contribution in [1.29, 1.82) is 0 Å². The number of phenols is 1. The van der Waals surface area contributed by atoms with Crippen LogP contribution in [0, 0.1) is 0 Å². The van der Waals surface area contributed by atoms with Gasteiger partial charge in [-0.15, -0.1) is 0 Å². The Morgan fingerprint density at radius 1 is 1.00 bits per heavy atom. The van der Waals surface area contributed by atoms with Crippen LogP contribution in [-0.2, 0) is 10.2 Å². The van der Waals surface area contributed by atoms with E-state index < -0.39 is 11.8 Å². The third kappa shape index (κ3) is 7.94. The van der Waals surface area contributed by atoms with Gasteiger partial charge < -0.3 is 15.3 Å². The van der Waals surface area contributed by atoms with Crippen molar-refractivity contribution in [2.24, 2.45) is 5.10 Å². The fourth-order valence-electron chi connectivity index (χ4n) is 3.88. The Labute approximate surface area is 235 Å². The van der Waals surface area contributed by atoms with Gasteiger partial charge in [-0.2, -0.15) is 5.10 Å². The first-order valence-corrected chi connectivity index (χ1v) is 13.2. The number of halogens is 1. The van der Waals surface area contributed by atoms with E-state index in [0.717, 1.165) is 29.9 Å². The summed E-state index contributed by atoms with van der Waals surface area (Å²) in [5.41, 5.74) is 5.79. The third-order valence-corrected chi connectivity index (χ3v) is 6.54. The van der Waals surface area contributed by atoms with Crippen molar-refractivity contribution >= 4 is 41.4 Å². The summed E-state index contributed by atoms with van der Waals surface area (Å²) in [5.74, 6) is -1.12. The highest BCUT2D eigenvalue weighted by Gasteiger charge is 2.17. The molecule has 2 amide bonds. The lowest BCUT2D eigenvalue weighted by molar-refractivity contribution is -0.117. The molecule has 0 radical (unpaired) electrons. The van der Waals surface area contributed by atoms with E-state index in [1.54, 1.807) is 36.4 Å². The van der Waals surface area contributed by atoms with Gasteiger partial charge in [0.25, 0.3) is 11.8 Å². The van der Waals surface area contributed by atoms with Crippen LogP contribution >= 0.6 is 11.6 Å². The molecule has 3 aromatic carbocycles. The van der Waals surface area contributed by atoms with E-state index in [1.165, 1.54) is 6.21 Å². The normalized spacial score (nSPS) is 11.9. The van der Waals surface area contributed by atoms with Gasteiger partial charge >= 0.3 is 0 Å². The van der Waals surface area contributed by atoms with Crippen LogP contribution < -0.4 is 15.6 Å². The SMILES string of the molecule is CCN(CC)c1ccc(/C=C(/NC(=O)c2ccccc2Cl)C(=O)N/N=C\c2cc(C(C)(C)C)ccc2O)cc1. The van der Waals surface area contributed by atoms with Crippen molar-refractivity contribution in [3.8, 4) is 5.75 Å². The minimum atomic E-state index is -0.633. The van der Waals surface area contributed by atoms with Crippen LogP contribution in [0.25, 0.3) is 6.08 Å². The van der Waals surface area contributed by atoms with Crippen molar-refractivity contribution in [2.45, 2.75) is 40.0 Å². The summed E-state index contributed by atoms with van der Waals surface area (Å²) < 4.78 is 0. The van der Waals surface area contributed by atoms with E-state index in [2.05, 4.69) is 55.4 Å². The average Bonchev–Trinajstić information content (AvgIpc) is 2.90. The van der Waals surface area contributed by atoms with Gasteiger partial charge in [-0.1, -0.05) is 62.7 Å². The summed E-state index contributed by atoms with van der Waals surface area (Å²) in [4.78, 5) is 28.3. The zero-order chi connectivity index (χ0) is 28.6. The number of aromatic hydroxyl groups is 1. The Balaban J connectivity index is 1.88. The molecule has 3 aromatic rings. The Bertz CT molecular complexity index is 1370. The number of hydrogen-bond acceptors (Lipinski definition) is 5. The minimum Gasteiger partial charge on any atom is -0.507 e. The van der Waals surface area contributed by atoms with Crippen molar-refractivity contribution in [3.63, 3.8) is 0 Å². The first-order valence-electron chi connectivity index (χ1n) is 12.8. The first-order chi connectivity index (χ1) is 18.5. The molecule has 0 aliphatic rings. The monoisotopic (exact) mass is 546 g/mol. The number of nitrogens with zero attached hydrogens (tertiary/aromatic N) is 2. The Kier molecular flexibility index (Phi) is 9.90. The molecule has 0 aromatic heterocycles. The molecule has 0 aliphatic carbocycles. The number of hydrogen-bond donors (Lipinski definition) is 3. The molecular weight excluding hydrogens is 512 g/mol. The van der Waals surface area contributed by atoms with Gasteiger partial charge in [0.05, 0.1) is 16.8 Å².